The van der Waals surface area contributed by atoms with E-state index in [-0.39, 0.29) is 32.1 Å². The molecule has 0 amide bonds. The zero-order valence-electron chi connectivity index (χ0n) is 57.4. The van der Waals surface area contributed by atoms with Gasteiger partial charge in [-0.1, -0.05) is 412 Å². The number of ether oxygens (including phenoxy) is 2. The third-order valence-corrected chi connectivity index (χ3v) is 19.0. The average molecular weight is 1220 g/mol. The van der Waals surface area contributed by atoms with Crippen LogP contribution < -0.4 is 5.73 Å². The lowest BCUT2D eigenvalue weighted by Gasteiger charge is -2.19. The van der Waals surface area contributed by atoms with Gasteiger partial charge >= 0.3 is 19.8 Å². The monoisotopic (exact) mass is 1220 g/mol. The van der Waals surface area contributed by atoms with E-state index in [4.69, 9.17) is 24.3 Å². The molecule has 0 aromatic rings. The van der Waals surface area contributed by atoms with Crippen LogP contribution in [-0.4, -0.2) is 49.3 Å². The minimum atomic E-state index is -4.39. The molecule has 0 spiro atoms. The molecule has 0 aliphatic rings. The molecule has 2 atom stereocenters. The number of carbonyl (C=O) groups is 2. The maximum absolute atomic E-state index is 12.8. The fourth-order valence-corrected chi connectivity index (χ4v) is 13.1. The standard InChI is InChI=1S/C75H150NO8P/c1-3-5-7-9-11-13-15-17-19-21-23-25-27-29-30-31-32-33-34-35-36-37-38-39-40-41-42-44-46-48-50-52-54-56-58-60-62-64-66-68-75(78)84-73(72-83-85(79,80)82-70-69-76)71-81-74(77)67-65-63-61-59-57-55-53-51-49-47-45-43-28-26-24-22-20-18-16-14-12-10-8-6-4-2/h73H,3-72,76H2,1-2H3,(H,79,80). The highest BCUT2D eigenvalue weighted by Gasteiger charge is 2.26. The number of esters is 2. The van der Waals surface area contributed by atoms with Gasteiger partial charge in [-0.2, -0.15) is 0 Å². The van der Waals surface area contributed by atoms with Crippen LogP contribution in [0.4, 0.5) is 0 Å². The molecule has 2 unspecified atom stereocenters. The van der Waals surface area contributed by atoms with Crippen molar-refractivity contribution in [2.45, 2.75) is 444 Å². The highest BCUT2D eigenvalue weighted by molar-refractivity contribution is 7.47. The Bertz CT molecular complexity index is 1350. The van der Waals surface area contributed by atoms with E-state index in [1.807, 2.05) is 0 Å². The second-order valence-electron chi connectivity index (χ2n) is 26.6. The van der Waals surface area contributed by atoms with Gasteiger partial charge in [0.15, 0.2) is 6.10 Å². The quantitative estimate of drug-likeness (QED) is 0.0347. The van der Waals surface area contributed by atoms with E-state index in [0.29, 0.717) is 12.8 Å². The first-order valence-electron chi connectivity index (χ1n) is 38.5. The maximum Gasteiger partial charge on any atom is 0.472 e. The lowest BCUT2D eigenvalue weighted by atomic mass is 10.0. The Labute approximate surface area is 530 Å². The number of hydrogen-bond donors (Lipinski definition) is 2. The Morgan fingerprint density at radius 2 is 0.506 bits per heavy atom. The Kier molecular flexibility index (Phi) is 71.2. The summed E-state index contributed by atoms with van der Waals surface area (Å²) in [5, 5.41) is 0. The predicted molar refractivity (Wildman–Crippen MR) is 368 cm³/mol. The molecule has 0 rings (SSSR count). The van der Waals surface area contributed by atoms with Crippen molar-refractivity contribution < 1.29 is 37.6 Å². The SMILES string of the molecule is CCCCCCCCCCCCCCCCCCCCCCCCCCCCCCCCCCCCCCCCCC(=O)OC(COC(=O)CCCCCCCCCCCCCCCCCCCCCCCCCCC)COP(=O)(O)OCCN. The Morgan fingerprint density at radius 3 is 0.718 bits per heavy atom. The summed E-state index contributed by atoms with van der Waals surface area (Å²) in [6.45, 7) is 3.85. The summed E-state index contributed by atoms with van der Waals surface area (Å²) >= 11 is 0. The first-order valence-corrected chi connectivity index (χ1v) is 40.0. The summed E-state index contributed by atoms with van der Waals surface area (Å²) in [5.74, 6) is -0.796. The van der Waals surface area contributed by atoms with Gasteiger partial charge in [0, 0.05) is 19.4 Å². The number of carbonyl (C=O) groups excluding carboxylic acids is 2. The number of phosphoric acid groups is 1. The van der Waals surface area contributed by atoms with Crippen molar-refractivity contribution in [2.75, 3.05) is 26.4 Å². The second-order valence-corrected chi connectivity index (χ2v) is 28.1. The maximum atomic E-state index is 12.8. The van der Waals surface area contributed by atoms with E-state index in [1.165, 1.54) is 372 Å². The highest BCUT2D eigenvalue weighted by atomic mass is 31.2. The molecule has 9 nitrogen and oxygen atoms in total. The van der Waals surface area contributed by atoms with Gasteiger partial charge in [-0.15, -0.1) is 0 Å². The lowest BCUT2D eigenvalue weighted by Crippen LogP contribution is -2.29. The van der Waals surface area contributed by atoms with Gasteiger partial charge in [0.1, 0.15) is 6.61 Å². The topological polar surface area (TPSA) is 134 Å². The molecule has 508 valence electrons. The molecule has 0 aliphatic heterocycles. The molecule has 0 fully saturated rings. The van der Waals surface area contributed by atoms with Crippen molar-refractivity contribution in [1.82, 2.24) is 0 Å². The van der Waals surface area contributed by atoms with Gasteiger partial charge in [-0.3, -0.25) is 18.6 Å². The van der Waals surface area contributed by atoms with E-state index in [2.05, 4.69) is 13.8 Å². The molecule has 3 N–H and O–H groups in total. The Morgan fingerprint density at radius 1 is 0.306 bits per heavy atom. The fourth-order valence-electron chi connectivity index (χ4n) is 12.3. The van der Waals surface area contributed by atoms with Crippen molar-refractivity contribution in [3.8, 4) is 0 Å². The third kappa shape index (κ3) is 72.0. The van der Waals surface area contributed by atoms with Gasteiger partial charge in [-0.05, 0) is 12.8 Å². The van der Waals surface area contributed by atoms with Crippen LogP contribution in [0.3, 0.4) is 0 Å². The molecule has 0 heterocycles. The van der Waals surface area contributed by atoms with E-state index in [0.717, 1.165) is 32.1 Å². The predicted octanol–water partition coefficient (Wildman–Crippen LogP) is 25.3. The number of unbranched alkanes of at least 4 members (excludes halogenated alkanes) is 62. The van der Waals surface area contributed by atoms with Crippen molar-refractivity contribution in [1.29, 1.82) is 0 Å². The number of nitrogens with two attached hydrogens (primary N) is 1. The summed E-state index contributed by atoms with van der Waals surface area (Å²) in [6, 6.07) is 0. The van der Waals surface area contributed by atoms with Crippen molar-refractivity contribution in [3.05, 3.63) is 0 Å². The molecule has 0 bridgehead atoms. The normalized spacial score (nSPS) is 12.8. The summed E-state index contributed by atoms with van der Waals surface area (Å²) in [7, 11) is -4.39. The van der Waals surface area contributed by atoms with Gasteiger partial charge in [0.25, 0.3) is 0 Å². The number of hydrogen-bond acceptors (Lipinski definition) is 8. The lowest BCUT2D eigenvalue weighted by molar-refractivity contribution is -0.161. The molecule has 0 saturated carbocycles. The van der Waals surface area contributed by atoms with Crippen LogP contribution in [0.5, 0.6) is 0 Å². The van der Waals surface area contributed by atoms with E-state index in [1.54, 1.807) is 0 Å². The third-order valence-electron chi connectivity index (χ3n) is 18.0. The van der Waals surface area contributed by atoms with E-state index in [9.17, 15) is 19.0 Å². The van der Waals surface area contributed by atoms with Gasteiger partial charge in [-0.25, -0.2) is 4.57 Å². The molecule has 85 heavy (non-hydrogen) atoms. The van der Waals surface area contributed by atoms with Crippen LogP contribution in [0.1, 0.15) is 438 Å². The van der Waals surface area contributed by atoms with Crippen molar-refractivity contribution in [3.63, 3.8) is 0 Å². The van der Waals surface area contributed by atoms with Crippen LogP contribution in [-0.2, 0) is 32.7 Å². The average Bonchev–Trinajstić information content (AvgIpc) is 3.53. The Balaban J connectivity index is 3.72. The van der Waals surface area contributed by atoms with Crippen LogP contribution in [0.2, 0.25) is 0 Å². The fraction of sp³-hybridized carbons (Fsp3) is 0.973. The van der Waals surface area contributed by atoms with Crippen LogP contribution in [0.15, 0.2) is 0 Å². The summed E-state index contributed by atoms with van der Waals surface area (Å²) < 4.78 is 33.2. The minimum Gasteiger partial charge on any atom is -0.462 e. The van der Waals surface area contributed by atoms with Crippen molar-refractivity contribution in [2.24, 2.45) is 5.73 Å². The Hall–Kier alpha value is -0.990. The van der Waals surface area contributed by atoms with Gasteiger partial charge in [0.2, 0.25) is 0 Å². The summed E-state index contributed by atoms with van der Waals surface area (Å²) in [4.78, 5) is 35.4. The van der Waals surface area contributed by atoms with E-state index >= 15 is 0 Å². The molecular formula is C75H150NO8P. The highest BCUT2D eigenvalue weighted by Crippen LogP contribution is 2.43. The molecule has 0 saturated heterocycles. The molecule has 0 aromatic carbocycles. The van der Waals surface area contributed by atoms with Crippen LogP contribution in [0.25, 0.3) is 0 Å². The number of rotatable bonds is 75. The molecule has 10 heteroatoms. The minimum absolute atomic E-state index is 0.0589. The molecule has 0 aromatic heterocycles. The first kappa shape index (κ1) is 84.0. The van der Waals surface area contributed by atoms with Crippen LogP contribution >= 0.6 is 7.82 Å². The largest absolute Gasteiger partial charge is 0.472 e. The summed E-state index contributed by atoms with van der Waals surface area (Å²) in [5.41, 5.74) is 5.41. The van der Waals surface area contributed by atoms with Gasteiger partial charge in [0.05, 0.1) is 13.2 Å². The molecule has 0 radical (unpaired) electrons. The molecular weight excluding hydrogens is 1070 g/mol. The molecule has 0 aliphatic carbocycles. The van der Waals surface area contributed by atoms with Gasteiger partial charge < -0.3 is 20.1 Å². The van der Waals surface area contributed by atoms with Crippen molar-refractivity contribution >= 4 is 19.8 Å². The second kappa shape index (κ2) is 72.1. The van der Waals surface area contributed by atoms with Crippen LogP contribution in [0, 0.1) is 0 Å². The smallest absolute Gasteiger partial charge is 0.462 e. The zero-order valence-corrected chi connectivity index (χ0v) is 58.3. The first-order chi connectivity index (χ1) is 41.8. The zero-order chi connectivity index (χ0) is 61.6. The van der Waals surface area contributed by atoms with E-state index < -0.39 is 26.5 Å². The summed E-state index contributed by atoms with van der Waals surface area (Å²) in [6.07, 6.45) is 86.8. The number of phosphoric ester groups is 1.